The van der Waals surface area contributed by atoms with Gasteiger partial charge in [0.25, 0.3) is 0 Å². The number of benzene rings is 1. The minimum Gasteiger partial charge on any atom is -0.341 e. The van der Waals surface area contributed by atoms with E-state index in [1.807, 2.05) is 37.1 Å². The van der Waals surface area contributed by atoms with Gasteiger partial charge in [-0.1, -0.05) is 34.1 Å². The molecular formula is C11H17BrN4. The second-order valence-corrected chi connectivity index (χ2v) is 4.24. The summed E-state index contributed by atoms with van der Waals surface area (Å²) in [6.45, 7) is 3.44. The number of nitrogens with two attached hydrogens (primary N) is 1. The van der Waals surface area contributed by atoms with Crippen molar-refractivity contribution in [3.05, 3.63) is 34.3 Å². The monoisotopic (exact) mass is 284 g/mol. The van der Waals surface area contributed by atoms with Gasteiger partial charge in [-0.25, -0.2) is 5.84 Å². The van der Waals surface area contributed by atoms with Crippen LogP contribution in [0.1, 0.15) is 12.5 Å². The van der Waals surface area contributed by atoms with Gasteiger partial charge in [-0.05, 0) is 18.6 Å². The summed E-state index contributed by atoms with van der Waals surface area (Å²) < 4.78 is 1.09. The van der Waals surface area contributed by atoms with Crippen LogP contribution in [0.5, 0.6) is 0 Å². The zero-order valence-corrected chi connectivity index (χ0v) is 11.2. The first-order chi connectivity index (χ1) is 7.69. The molecule has 5 heteroatoms. The van der Waals surface area contributed by atoms with Gasteiger partial charge in [0, 0.05) is 24.6 Å². The summed E-state index contributed by atoms with van der Waals surface area (Å²) in [5, 5.41) is 0. The van der Waals surface area contributed by atoms with E-state index < -0.39 is 0 Å². The molecule has 0 amide bonds. The van der Waals surface area contributed by atoms with Crippen LogP contribution in [-0.4, -0.2) is 24.5 Å². The number of hydrazine groups is 1. The fraction of sp³-hybridized carbons (Fsp3) is 0.364. The standard InChI is InChI=1S/C11H17BrN4/c1-3-14-11(15-13)16(2)8-9-6-4-5-7-10(9)12/h4-7H,3,8,13H2,1-2H3,(H,14,15). The summed E-state index contributed by atoms with van der Waals surface area (Å²) >= 11 is 3.52. The Labute approximate surface area is 105 Å². The van der Waals surface area contributed by atoms with Crippen LogP contribution in [0, 0.1) is 0 Å². The maximum atomic E-state index is 5.42. The first kappa shape index (κ1) is 13.0. The van der Waals surface area contributed by atoms with E-state index in [-0.39, 0.29) is 0 Å². The van der Waals surface area contributed by atoms with Crippen molar-refractivity contribution < 1.29 is 0 Å². The van der Waals surface area contributed by atoms with E-state index in [4.69, 9.17) is 5.84 Å². The summed E-state index contributed by atoms with van der Waals surface area (Å²) in [7, 11) is 1.95. The number of halogens is 1. The van der Waals surface area contributed by atoms with E-state index in [9.17, 15) is 0 Å². The Morgan fingerprint density at radius 1 is 1.50 bits per heavy atom. The summed E-state index contributed by atoms with van der Waals surface area (Å²) in [6, 6.07) is 8.10. The Bertz CT molecular complexity index is 365. The smallest absolute Gasteiger partial charge is 0.208 e. The number of rotatable bonds is 3. The lowest BCUT2D eigenvalue weighted by Crippen LogP contribution is -2.42. The molecule has 0 fully saturated rings. The first-order valence-electron chi connectivity index (χ1n) is 5.14. The summed E-state index contributed by atoms with van der Waals surface area (Å²) in [5.41, 5.74) is 3.80. The van der Waals surface area contributed by atoms with Gasteiger partial charge < -0.3 is 4.90 Å². The Kier molecular flexibility index (Phi) is 5.28. The van der Waals surface area contributed by atoms with Crippen LogP contribution in [0.2, 0.25) is 0 Å². The Hall–Kier alpha value is -1.07. The second kappa shape index (κ2) is 6.50. The molecule has 4 nitrogen and oxygen atoms in total. The largest absolute Gasteiger partial charge is 0.341 e. The van der Waals surface area contributed by atoms with Gasteiger partial charge >= 0.3 is 0 Å². The lowest BCUT2D eigenvalue weighted by molar-refractivity contribution is 0.476. The van der Waals surface area contributed by atoms with Crippen LogP contribution in [-0.2, 0) is 6.54 Å². The quantitative estimate of drug-likeness (QED) is 0.385. The Morgan fingerprint density at radius 3 is 2.75 bits per heavy atom. The molecule has 1 aromatic rings. The predicted octanol–water partition coefficient (Wildman–Crippen LogP) is 1.72. The van der Waals surface area contributed by atoms with Gasteiger partial charge in [0.15, 0.2) is 0 Å². The fourth-order valence-electron chi connectivity index (χ4n) is 1.38. The lowest BCUT2D eigenvalue weighted by Gasteiger charge is -2.21. The molecule has 0 aliphatic carbocycles. The van der Waals surface area contributed by atoms with Crippen LogP contribution < -0.4 is 11.3 Å². The van der Waals surface area contributed by atoms with Gasteiger partial charge in [0.05, 0.1) is 0 Å². The van der Waals surface area contributed by atoms with Crippen molar-refractivity contribution >= 4 is 21.9 Å². The highest BCUT2D eigenvalue weighted by molar-refractivity contribution is 9.10. The molecule has 0 saturated carbocycles. The number of hydrogen-bond acceptors (Lipinski definition) is 2. The minimum absolute atomic E-state index is 0.693. The van der Waals surface area contributed by atoms with Crippen LogP contribution in [0.3, 0.4) is 0 Å². The molecule has 1 rings (SSSR count). The highest BCUT2D eigenvalue weighted by Gasteiger charge is 2.06. The molecule has 0 bridgehead atoms. The van der Waals surface area contributed by atoms with Gasteiger partial charge in [-0.3, -0.25) is 10.4 Å². The summed E-state index contributed by atoms with van der Waals surface area (Å²) in [4.78, 5) is 6.24. The number of aliphatic imine (C=N–C) groups is 1. The van der Waals surface area contributed by atoms with Crippen LogP contribution in [0.15, 0.2) is 33.7 Å². The zero-order valence-electron chi connectivity index (χ0n) is 9.57. The molecule has 0 unspecified atom stereocenters. The third-order valence-electron chi connectivity index (χ3n) is 2.16. The summed E-state index contributed by atoms with van der Waals surface area (Å²) in [6.07, 6.45) is 0. The van der Waals surface area contributed by atoms with Gasteiger partial charge in [0.2, 0.25) is 5.96 Å². The van der Waals surface area contributed by atoms with Crippen molar-refractivity contribution in [3.8, 4) is 0 Å². The average Bonchev–Trinajstić information content (AvgIpc) is 2.29. The van der Waals surface area contributed by atoms with Crippen molar-refractivity contribution in [3.63, 3.8) is 0 Å². The molecule has 0 aliphatic heterocycles. The maximum Gasteiger partial charge on any atom is 0.208 e. The predicted molar refractivity (Wildman–Crippen MR) is 70.9 cm³/mol. The van der Waals surface area contributed by atoms with Crippen molar-refractivity contribution in [1.29, 1.82) is 0 Å². The lowest BCUT2D eigenvalue weighted by atomic mass is 10.2. The zero-order chi connectivity index (χ0) is 12.0. The molecule has 88 valence electrons. The normalized spacial score (nSPS) is 11.4. The molecule has 0 saturated heterocycles. The van der Waals surface area contributed by atoms with Crippen LogP contribution in [0.25, 0.3) is 0 Å². The second-order valence-electron chi connectivity index (χ2n) is 3.39. The van der Waals surface area contributed by atoms with Crippen molar-refractivity contribution in [2.75, 3.05) is 13.6 Å². The molecule has 0 aromatic heterocycles. The number of hydrogen-bond donors (Lipinski definition) is 2. The molecular weight excluding hydrogens is 268 g/mol. The first-order valence-corrected chi connectivity index (χ1v) is 5.94. The molecule has 0 atom stereocenters. The maximum absolute atomic E-state index is 5.42. The van der Waals surface area contributed by atoms with E-state index in [1.165, 1.54) is 5.56 Å². The fourth-order valence-corrected chi connectivity index (χ4v) is 1.79. The topological polar surface area (TPSA) is 53.6 Å². The third-order valence-corrected chi connectivity index (χ3v) is 2.94. The van der Waals surface area contributed by atoms with Crippen molar-refractivity contribution in [2.45, 2.75) is 13.5 Å². The Balaban J connectivity index is 2.74. The molecule has 3 N–H and O–H groups in total. The van der Waals surface area contributed by atoms with E-state index in [0.29, 0.717) is 12.5 Å². The van der Waals surface area contributed by atoms with Crippen LogP contribution in [0.4, 0.5) is 0 Å². The molecule has 0 spiro atoms. The average molecular weight is 285 g/mol. The summed E-state index contributed by atoms with van der Waals surface area (Å²) in [5.74, 6) is 6.11. The molecule has 16 heavy (non-hydrogen) atoms. The number of nitrogens with one attached hydrogen (secondary N) is 1. The van der Waals surface area contributed by atoms with Crippen molar-refractivity contribution in [2.24, 2.45) is 10.8 Å². The molecule has 0 heterocycles. The van der Waals surface area contributed by atoms with E-state index >= 15 is 0 Å². The van der Waals surface area contributed by atoms with E-state index in [1.54, 1.807) is 0 Å². The van der Waals surface area contributed by atoms with Crippen molar-refractivity contribution in [1.82, 2.24) is 10.3 Å². The molecule has 0 radical (unpaired) electrons. The molecule has 0 aliphatic rings. The highest BCUT2D eigenvalue weighted by Crippen LogP contribution is 2.17. The van der Waals surface area contributed by atoms with Gasteiger partial charge in [-0.15, -0.1) is 0 Å². The highest BCUT2D eigenvalue weighted by atomic mass is 79.9. The minimum atomic E-state index is 0.693. The Morgan fingerprint density at radius 2 is 2.19 bits per heavy atom. The third kappa shape index (κ3) is 3.50. The van der Waals surface area contributed by atoms with Gasteiger partial charge in [-0.2, -0.15) is 0 Å². The van der Waals surface area contributed by atoms with Gasteiger partial charge in [0.1, 0.15) is 0 Å². The SMILES string of the molecule is CCN=C(NN)N(C)Cc1ccccc1Br. The van der Waals surface area contributed by atoms with E-state index in [0.717, 1.165) is 11.0 Å². The molecule has 1 aromatic carbocycles. The number of nitrogens with zero attached hydrogens (tertiary/aromatic N) is 2. The van der Waals surface area contributed by atoms with E-state index in [2.05, 4.69) is 32.4 Å². The number of guanidine groups is 1. The van der Waals surface area contributed by atoms with Crippen LogP contribution >= 0.6 is 15.9 Å².